The van der Waals surface area contributed by atoms with Crippen LogP contribution in [0.1, 0.15) is 37.3 Å². The number of carbonyl (C=O) groups is 3. The molecule has 0 radical (unpaired) electrons. The van der Waals surface area contributed by atoms with Gasteiger partial charge in [-0.3, -0.25) is 9.59 Å². The highest BCUT2D eigenvalue weighted by Gasteiger charge is 2.29. The van der Waals surface area contributed by atoms with E-state index in [2.05, 4.69) is 22.8 Å². The summed E-state index contributed by atoms with van der Waals surface area (Å²) in [7, 11) is 0. The van der Waals surface area contributed by atoms with Crippen molar-refractivity contribution in [2.75, 3.05) is 13.2 Å². The Morgan fingerprint density at radius 1 is 1.00 bits per heavy atom. The molecule has 0 bridgehead atoms. The fraction of sp³-hybridized carbons (Fsp3) is 0.375. The van der Waals surface area contributed by atoms with Gasteiger partial charge in [-0.1, -0.05) is 55.5 Å². The minimum absolute atomic E-state index is 0.0556. The zero-order chi connectivity index (χ0) is 23.3. The van der Waals surface area contributed by atoms with Crippen molar-refractivity contribution in [1.82, 2.24) is 10.6 Å². The quantitative estimate of drug-likeness (QED) is 0.475. The molecular formula is C24H28N2O6. The highest BCUT2D eigenvalue weighted by atomic mass is 16.5. The van der Waals surface area contributed by atoms with Crippen molar-refractivity contribution in [3.8, 4) is 11.1 Å². The Kier molecular flexibility index (Phi) is 7.48. The lowest BCUT2D eigenvalue weighted by atomic mass is 9.98. The van der Waals surface area contributed by atoms with Gasteiger partial charge >= 0.3 is 12.1 Å². The van der Waals surface area contributed by atoms with E-state index in [1.54, 1.807) is 13.8 Å². The maximum atomic E-state index is 12.4. The lowest BCUT2D eigenvalue weighted by molar-refractivity contribution is -0.139. The summed E-state index contributed by atoms with van der Waals surface area (Å²) in [5.74, 6) is -2.21. The van der Waals surface area contributed by atoms with Gasteiger partial charge in [-0.15, -0.1) is 0 Å². The van der Waals surface area contributed by atoms with Crippen LogP contribution < -0.4 is 10.6 Å². The number of aliphatic hydroxyl groups excluding tert-OH is 1. The van der Waals surface area contributed by atoms with Crippen LogP contribution in [0, 0.1) is 5.92 Å². The van der Waals surface area contributed by atoms with Gasteiger partial charge in [0, 0.05) is 18.5 Å². The van der Waals surface area contributed by atoms with Crippen LogP contribution in [0.4, 0.5) is 4.79 Å². The normalized spacial score (nSPS) is 15.1. The Bertz CT molecular complexity index is 946. The number of carbonyl (C=O) groups excluding carboxylic acids is 2. The SMILES string of the molecule is CC(NC(=O)OCC1c2ccccc2-c2ccccc21)C(C)C(=O)NCC(O)CC(=O)O. The van der Waals surface area contributed by atoms with E-state index in [0.29, 0.717) is 0 Å². The predicted molar refractivity (Wildman–Crippen MR) is 118 cm³/mol. The maximum absolute atomic E-state index is 12.4. The van der Waals surface area contributed by atoms with Crippen LogP contribution in [-0.4, -0.2) is 53.5 Å². The third-order valence-electron chi connectivity index (χ3n) is 5.77. The minimum atomic E-state index is -1.17. The molecule has 0 fully saturated rings. The highest BCUT2D eigenvalue weighted by Crippen LogP contribution is 2.44. The van der Waals surface area contributed by atoms with Crippen LogP contribution in [0.25, 0.3) is 11.1 Å². The molecule has 1 aliphatic carbocycles. The van der Waals surface area contributed by atoms with E-state index in [1.165, 1.54) is 0 Å². The van der Waals surface area contributed by atoms with Crippen molar-refractivity contribution in [2.24, 2.45) is 5.92 Å². The van der Waals surface area contributed by atoms with Gasteiger partial charge in [-0.25, -0.2) is 4.79 Å². The van der Waals surface area contributed by atoms with E-state index in [9.17, 15) is 19.5 Å². The highest BCUT2D eigenvalue weighted by molar-refractivity contribution is 5.80. The van der Waals surface area contributed by atoms with Gasteiger partial charge in [-0.05, 0) is 29.2 Å². The molecule has 3 atom stereocenters. The fourth-order valence-corrected chi connectivity index (χ4v) is 3.83. The number of carboxylic acid groups (broad SMARTS) is 1. The molecule has 0 aliphatic heterocycles. The Labute approximate surface area is 186 Å². The van der Waals surface area contributed by atoms with E-state index in [4.69, 9.17) is 9.84 Å². The van der Waals surface area contributed by atoms with Crippen molar-refractivity contribution in [1.29, 1.82) is 0 Å². The van der Waals surface area contributed by atoms with Crippen molar-refractivity contribution in [2.45, 2.75) is 38.3 Å². The van der Waals surface area contributed by atoms with E-state index in [1.807, 2.05) is 36.4 Å². The number of fused-ring (bicyclic) bond motifs is 3. The lowest BCUT2D eigenvalue weighted by Gasteiger charge is -2.22. The molecule has 4 N–H and O–H groups in total. The number of alkyl carbamates (subject to hydrolysis) is 1. The van der Waals surface area contributed by atoms with Gasteiger partial charge in [-0.2, -0.15) is 0 Å². The molecule has 32 heavy (non-hydrogen) atoms. The number of amides is 2. The van der Waals surface area contributed by atoms with Crippen LogP contribution in [0.2, 0.25) is 0 Å². The zero-order valence-electron chi connectivity index (χ0n) is 18.1. The smallest absolute Gasteiger partial charge is 0.407 e. The molecule has 3 rings (SSSR count). The first-order chi connectivity index (χ1) is 15.3. The van der Waals surface area contributed by atoms with E-state index < -0.39 is 42.5 Å². The lowest BCUT2D eigenvalue weighted by Crippen LogP contribution is -2.45. The second-order valence-corrected chi connectivity index (χ2v) is 8.04. The number of nitrogens with one attached hydrogen (secondary N) is 2. The first-order valence-corrected chi connectivity index (χ1v) is 10.6. The summed E-state index contributed by atoms with van der Waals surface area (Å²) in [5, 5.41) is 23.4. The monoisotopic (exact) mass is 440 g/mol. The van der Waals surface area contributed by atoms with Gasteiger partial charge in [0.25, 0.3) is 0 Å². The Balaban J connectivity index is 1.51. The second kappa shape index (κ2) is 10.3. The van der Waals surface area contributed by atoms with Crippen LogP contribution in [0.15, 0.2) is 48.5 Å². The van der Waals surface area contributed by atoms with Crippen molar-refractivity contribution >= 4 is 18.0 Å². The molecule has 3 unspecified atom stereocenters. The average Bonchev–Trinajstić information content (AvgIpc) is 3.08. The fourth-order valence-electron chi connectivity index (χ4n) is 3.83. The van der Waals surface area contributed by atoms with Crippen LogP contribution in [0.3, 0.4) is 0 Å². The van der Waals surface area contributed by atoms with Crippen LogP contribution in [0.5, 0.6) is 0 Å². The van der Waals surface area contributed by atoms with E-state index in [0.717, 1.165) is 22.3 Å². The van der Waals surface area contributed by atoms with Crippen molar-refractivity contribution < 1.29 is 29.3 Å². The van der Waals surface area contributed by atoms with Crippen molar-refractivity contribution in [3.05, 3.63) is 59.7 Å². The molecule has 0 aromatic heterocycles. The van der Waals surface area contributed by atoms with E-state index in [-0.39, 0.29) is 19.1 Å². The van der Waals surface area contributed by atoms with Gasteiger partial charge < -0.3 is 25.6 Å². The number of aliphatic hydroxyl groups is 1. The molecule has 0 saturated heterocycles. The van der Waals surface area contributed by atoms with E-state index >= 15 is 0 Å². The summed E-state index contributed by atoms with van der Waals surface area (Å²) in [5.41, 5.74) is 4.51. The summed E-state index contributed by atoms with van der Waals surface area (Å²) in [4.78, 5) is 35.2. The third-order valence-corrected chi connectivity index (χ3v) is 5.77. The number of aliphatic carboxylic acids is 1. The first-order valence-electron chi connectivity index (χ1n) is 10.6. The van der Waals surface area contributed by atoms with Crippen LogP contribution >= 0.6 is 0 Å². The van der Waals surface area contributed by atoms with Crippen molar-refractivity contribution in [3.63, 3.8) is 0 Å². The second-order valence-electron chi connectivity index (χ2n) is 8.04. The molecule has 8 nitrogen and oxygen atoms in total. The maximum Gasteiger partial charge on any atom is 0.407 e. The topological polar surface area (TPSA) is 125 Å². The number of benzene rings is 2. The third kappa shape index (κ3) is 5.45. The molecule has 0 spiro atoms. The molecule has 2 aromatic carbocycles. The molecule has 2 aromatic rings. The predicted octanol–water partition coefficient (Wildman–Crippen LogP) is 2.50. The van der Waals surface area contributed by atoms with Gasteiger partial charge in [0.05, 0.1) is 18.4 Å². The number of hydrogen-bond donors (Lipinski definition) is 4. The molecule has 1 aliphatic rings. The molecule has 8 heteroatoms. The van der Waals surface area contributed by atoms with Gasteiger partial charge in [0.1, 0.15) is 6.61 Å². The Morgan fingerprint density at radius 3 is 2.12 bits per heavy atom. The number of rotatable bonds is 9. The number of hydrogen-bond acceptors (Lipinski definition) is 5. The van der Waals surface area contributed by atoms with Gasteiger partial charge in [0.15, 0.2) is 0 Å². The zero-order valence-corrected chi connectivity index (χ0v) is 18.1. The summed E-state index contributed by atoms with van der Waals surface area (Å²) in [6.07, 6.45) is -2.25. The summed E-state index contributed by atoms with van der Waals surface area (Å²) < 4.78 is 5.50. The first kappa shape index (κ1) is 23.3. The molecule has 0 saturated carbocycles. The number of carboxylic acids is 1. The average molecular weight is 440 g/mol. The van der Waals surface area contributed by atoms with Gasteiger partial charge in [0.2, 0.25) is 5.91 Å². The van der Waals surface area contributed by atoms with Crippen LogP contribution in [-0.2, 0) is 14.3 Å². The minimum Gasteiger partial charge on any atom is -0.481 e. The largest absolute Gasteiger partial charge is 0.481 e. The number of ether oxygens (including phenoxy) is 1. The molecule has 2 amide bonds. The Morgan fingerprint density at radius 2 is 1.56 bits per heavy atom. The summed E-state index contributed by atoms with van der Waals surface area (Å²) >= 11 is 0. The Hall–Kier alpha value is -3.39. The molecule has 0 heterocycles. The molecule has 170 valence electrons. The standard InChI is InChI=1S/C24H28N2O6/c1-14(23(30)25-12-16(27)11-22(28)29)15(2)26-24(31)32-13-21-19-9-5-3-7-17(19)18-8-4-6-10-20(18)21/h3-10,14-16,21,27H,11-13H2,1-2H3,(H,25,30)(H,26,31)(H,28,29). The summed E-state index contributed by atoms with van der Waals surface area (Å²) in [6.45, 7) is 3.31. The summed E-state index contributed by atoms with van der Waals surface area (Å²) in [6, 6.07) is 15.6. The molecular weight excluding hydrogens is 412 g/mol.